The standard InChI is InChI=1S/C20H20ClF3N4O/c1-12(29)26-16-5-6-17-15(16)10-25-18(27-17)28-8-7-19(11-28,20(22,23)24)13-3-2-4-14(21)9-13/h2-4,9-10,16H,5-8,11H2,1H3,(H,26,29). The fraction of sp³-hybridized carbons (Fsp3) is 0.450. The molecule has 0 bridgehead atoms. The van der Waals surface area contributed by atoms with E-state index in [0.29, 0.717) is 18.8 Å². The molecule has 2 atom stereocenters. The van der Waals surface area contributed by atoms with E-state index in [1.165, 1.54) is 19.1 Å². The lowest BCUT2D eigenvalue weighted by molar-refractivity contribution is -0.184. The summed E-state index contributed by atoms with van der Waals surface area (Å²) in [5.74, 6) is 0.156. The SMILES string of the molecule is CC(=O)NC1CCc2nc(N3CCC(c4cccc(Cl)c4)(C(F)(F)F)C3)ncc21. The molecule has 1 aliphatic heterocycles. The van der Waals surface area contributed by atoms with Crippen molar-refractivity contribution in [1.29, 1.82) is 0 Å². The molecule has 9 heteroatoms. The van der Waals surface area contributed by atoms with Gasteiger partial charge in [0, 0.05) is 36.8 Å². The van der Waals surface area contributed by atoms with E-state index >= 15 is 0 Å². The Kier molecular flexibility index (Phi) is 4.93. The predicted molar refractivity (Wildman–Crippen MR) is 103 cm³/mol. The summed E-state index contributed by atoms with van der Waals surface area (Å²) in [7, 11) is 0. The van der Waals surface area contributed by atoms with E-state index in [1.54, 1.807) is 23.2 Å². The molecule has 1 fully saturated rings. The number of nitrogens with zero attached hydrogens (tertiary/aromatic N) is 3. The molecular formula is C20H20ClF3N4O. The quantitative estimate of drug-likeness (QED) is 0.810. The summed E-state index contributed by atoms with van der Waals surface area (Å²) in [5, 5.41) is 3.13. The average molecular weight is 425 g/mol. The molecule has 29 heavy (non-hydrogen) atoms. The minimum absolute atomic E-state index is 0.0915. The molecule has 154 valence electrons. The van der Waals surface area contributed by atoms with Gasteiger partial charge in [-0.25, -0.2) is 9.97 Å². The molecule has 2 unspecified atom stereocenters. The van der Waals surface area contributed by atoms with Crippen LogP contribution in [0.25, 0.3) is 0 Å². The van der Waals surface area contributed by atoms with E-state index in [1.807, 2.05) is 0 Å². The van der Waals surface area contributed by atoms with E-state index in [-0.39, 0.29) is 42.0 Å². The van der Waals surface area contributed by atoms with E-state index in [2.05, 4.69) is 15.3 Å². The van der Waals surface area contributed by atoms with Crippen molar-refractivity contribution in [3.63, 3.8) is 0 Å². The smallest absolute Gasteiger partial charge is 0.349 e. The van der Waals surface area contributed by atoms with Crippen LogP contribution < -0.4 is 10.2 Å². The number of amides is 1. The second kappa shape index (κ2) is 7.16. The van der Waals surface area contributed by atoms with Crippen LogP contribution in [-0.2, 0) is 16.6 Å². The van der Waals surface area contributed by atoms with Crippen molar-refractivity contribution in [3.05, 3.63) is 52.3 Å². The number of rotatable bonds is 3. The van der Waals surface area contributed by atoms with Gasteiger partial charge in [-0.15, -0.1) is 0 Å². The lowest BCUT2D eigenvalue weighted by Crippen LogP contribution is -2.45. The number of hydrogen-bond acceptors (Lipinski definition) is 4. The normalized spacial score (nSPS) is 23.9. The second-order valence-corrected chi connectivity index (χ2v) is 8.06. The highest BCUT2D eigenvalue weighted by molar-refractivity contribution is 6.30. The van der Waals surface area contributed by atoms with Crippen LogP contribution >= 0.6 is 11.6 Å². The maximum Gasteiger partial charge on any atom is 0.400 e. The number of aryl methyl sites for hydroxylation is 1. The second-order valence-electron chi connectivity index (χ2n) is 7.63. The fourth-order valence-electron chi connectivity index (χ4n) is 4.29. The maximum atomic E-state index is 14.2. The van der Waals surface area contributed by atoms with Crippen LogP contribution in [0.5, 0.6) is 0 Å². The van der Waals surface area contributed by atoms with Gasteiger partial charge >= 0.3 is 6.18 Å². The number of aromatic nitrogens is 2. The van der Waals surface area contributed by atoms with Crippen LogP contribution in [-0.4, -0.2) is 35.1 Å². The van der Waals surface area contributed by atoms with E-state index in [0.717, 1.165) is 11.3 Å². The van der Waals surface area contributed by atoms with Crippen molar-refractivity contribution >= 4 is 23.5 Å². The minimum Gasteiger partial charge on any atom is -0.349 e. The molecule has 1 aromatic heterocycles. The Morgan fingerprint density at radius 2 is 2.17 bits per heavy atom. The van der Waals surface area contributed by atoms with E-state index in [4.69, 9.17) is 11.6 Å². The fourth-order valence-corrected chi connectivity index (χ4v) is 4.48. The van der Waals surface area contributed by atoms with Gasteiger partial charge in [0.2, 0.25) is 11.9 Å². The number of carbonyl (C=O) groups excluding carboxylic acids is 1. The number of fused-ring (bicyclic) bond motifs is 1. The Bertz CT molecular complexity index is 952. The van der Waals surface area contributed by atoms with Gasteiger partial charge in [-0.05, 0) is 37.0 Å². The van der Waals surface area contributed by atoms with Gasteiger partial charge in [0.15, 0.2) is 0 Å². The summed E-state index contributed by atoms with van der Waals surface area (Å²) in [6.45, 7) is 1.38. The van der Waals surface area contributed by atoms with E-state index in [9.17, 15) is 18.0 Å². The van der Waals surface area contributed by atoms with Crippen LogP contribution in [0.3, 0.4) is 0 Å². The van der Waals surface area contributed by atoms with Crippen molar-refractivity contribution in [2.75, 3.05) is 18.0 Å². The third-order valence-corrected chi connectivity index (χ3v) is 6.02. The predicted octanol–water partition coefficient (Wildman–Crippen LogP) is 3.96. The molecule has 1 amide bonds. The molecule has 4 rings (SSSR count). The minimum atomic E-state index is -4.43. The first kappa shape index (κ1) is 19.9. The Hall–Kier alpha value is -2.35. The van der Waals surface area contributed by atoms with Crippen molar-refractivity contribution in [2.45, 2.75) is 43.8 Å². The molecule has 2 aromatic rings. The van der Waals surface area contributed by atoms with Gasteiger partial charge in [0.05, 0.1) is 11.7 Å². The molecule has 1 aromatic carbocycles. The van der Waals surface area contributed by atoms with Gasteiger partial charge in [-0.3, -0.25) is 4.79 Å². The number of benzene rings is 1. The van der Waals surface area contributed by atoms with Crippen molar-refractivity contribution < 1.29 is 18.0 Å². The molecule has 1 saturated heterocycles. The van der Waals surface area contributed by atoms with Crippen LogP contribution in [0.2, 0.25) is 5.02 Å². The summed E-state index contributed by atoms with van der Waals surface area (Å²) in [6.07, 6.45) is -1.53. The van der Waals surface area contributed by atoms with Gasteiger partial charge in [-0.2, -0.15) is 13.2 Å². The highest BCUT2D eigenvalue weighted by Gasteiger charge is 2.59. The first-order valence-corrected chi connectivity index (χ1v) is 9.78. The Morgan fingerprint density at radius 1 is 1.38 bits per heavy atom. The molecule has 1 N–H and O–H groups in total. The average Bonchev–Trinajstić information content (AvgIpc) is 3.26. The summed E-state index contributed by atoms with van der Waals surface area (Å²) in [4.78, 5) is 21.8. The first-order chi connectivity index (χ1) is 13.7. The lowest BCUT2D eigenvalue weighted by atomic mass is 9.79. The molecule has 2 aliphatic rings. The zero-order valence-corrected chi connectivity index (χ0v) is 16.5. The maximum absolute atomic E-state index is 14.2. The van der Waals surface area contributed by atoms with Gasteiger partial charge in [0.25, 0.3) is 0 Å². The number of anilines is 1. The van der Waals surface area contributed by atoms with Crippen molar-refractivity contribution in [1.82, 2.24) is 15.3 Å². The summed E-state index contributed by atoms with van der Waals surface area (Å²) in [5.41, 5.74) is -0.244. The summed E-state index contributed by atoms with van der Waals surface area (Å²) < 4.78 is 42.5. The number of halogens is 4. The lowest BCUT2D eigenvalue weighted by Gasteiger charge is -2.32. The zero-order chi connectivity index (χ0) is 20.8. The Labute approximate surface area is 171 Å². The van der Waals surface area contributed by atoms with Crippen LogP contribution in [0, 0.1) is 0 Å². The highest BCUT2D eigenvalue weighted by atomic mass is 35.5. The largest absolute Gasteiger partial charge is 0.400 e. The van der Waals surface area contributed by atoms with Gasteiger partial charge < -0.3 is 10.2 Å². The molecule has 0 spiro atoms. The van der Waals surface area contributed by atoms with E-state index < -0.39 is 11.6 Å². The molecule has 0 saturated carbocycles. The molecule has 2 heterocycles. The van der Waals surface area contributed by atoms with Crippen LogP contribution in [0.4, 0.5) is 19.1 Å². The van der Waals surface area contributed by atoms with Crippen molar-refractivity contribution in [3.8, 4) is 0 Å². The third kappa shape index (κ3) is 3.54. The topological polar surface area (TPSA) is 58.1 Å². The van der Waals surface area contributed by atoms with Crippen LogP contribution in [0.1, 0.15) is 42.6 Å². The number of alkyl halides is 3. The van der Waals surface area contributed by atoms with Gasteiger partial charge in [-0.1, -0.05) is 23.7 Å². The monoisotopic (exact) mass is 424 g/mol. The number of nitrogens with one attached hydrogen (secondary N) is 1. The highest BCUT2D eigenvalue weighted by Crippen LogP contribution is 2.48. The Morgan fingerprint density at radius 3 is 2.86 bits per heavy atom. The molecule has 5 nitrogen and oxygen atoms in total. The van der Waals surface area contributed by atoms with Gasteiger partial charge in [0.1, 0.15) is 5.41 Å². The first-order valence-electron chi connectivity index (χ1n) is 9.40. The Balaban J connectivity index is 1.63. The number of hydrogen-bond donors (Lipinski definition) is 1. The summed E-state index contributed by atoms with van der Waals surface area (Å²) in [6, 6.07) is 5.83. The van der Waals surface area contributed by atoms with Crippen LogP contribution in [0.15, 0.2) is 30.5 Å². The molecular weight excluding hydrogens is 405 g/mol. The molecule has 0 radical (unpaired) electrons. The number of carbonyl (C=O) groups is 1. The molecule has 1 aliphatic carbocycles. The third-order valence-electron chi connectivity index (χ3n) is 5.78. The summed E-state index contributed by atoms with van der Waals surface area (Å²) >= 11 is 5.97. The zero-order valence-electron chi connectivity index (χ0n) is 15.8. The van der Waals surface area contributed by atoms with Crippen molar-refractivity contribution in [2.24, 2.45) is 0 Å².